The molecule has 3 nitrogen and oxygen atoms in total. The van der Waals surface area contributed by atoms with Crippen LogP contribution in [0.1, 0.15) is 50.5 Å². The molecule has 2 rings (SSSR count). The zero-order valence-electron chi connectivity index (χ0n) is 11.6. The normalized spacial score (nSPS) is 16.3. The Morgan fingerprint density at radius 2 is 2.05 bits per heavy atom. The molecule has 0 unspecified atom stereocenters. The van der Waals surface area contributed by atoms with Crippen LogP contribution in [0.25, 0.3) is 0 Å². The summed E-state index contributed by atoms with van der Waals surface area (Å²) >= 11 is 0. The van der Waals surface area contributed by atoms with Gasteiger partial charge < -0.3 is 10.4 Å². The SMILES string of the molecule is Cc1c(O)cccc1NC(=O)CCC1CCCCC1. The number of hydrogen-bond donors (Lipinski definition) is 2. The van der Waals surface area contributed by atoms with E-state index in [1.165, 1.54) is 32.1 Å². The topological polar surface area (TPSA) is 49.3 Å². The third-order valence-electron chi connectivity index (χ3n) is 4.08. The zero-order chi connectivity index (χ0) is 13.7. The molecule has 104 valence electrons. The van der Waals surface area contributed by atoms with Gasteiger partial charge in [0.1, 0.15) is 5.75 Å². The molecule has 0 bridgehead atoms. The van der Waals surface area contributed by atoms with E-state index in [4.69, 9.17) is 0 Å². The second-order valence-corrected chi connectivity index (χ2v) is 5.54. The first kappa shape index (κ1) is 13.9. The van der Waals surface area contributed by atoms with Crippen LogP contribution in [0.2, 0.25) is 0 Å². The summed E-state index contributed by atoms with van der Waals surface area (Å²) in [5.41, 5.74) is 1.45. The van der Waals surface area contributed by atoms with Gasteiger partial charge in [-0.25, -0.2) is 0 Å². The minimum atomic E-state index is 0.0549. The Hall–Kier alpha value is -1.51. The van der Waals surface area contributed by atoms with Gasteiger partial charge in [0.05, 0.1) is 0 Å². The molecule has 0 aliphatic heterocycles. The van der Waals surface area contributed by atoms with E-state index >= 15 is 0 Å². The van der Waals surface area contributed by atoms with Crippen molar-refractivity contribution < 1.29 is 9.90 Å². The molecule has 0 atom stereocenters. The van der Waals surface area contributed by atoms with E-state index in [2.05, 4.69) is 5.32 Å². The number of hydrogen-bond acceptors (Lipinski definition) is 2. The summed E-state index contributed by atoms with van der Waals surface area (Å²) < 4.78 is 0. The van der Waals surface area contributed by atoms with E-state index in [0.29, 0.717) is 12.1 Å². The summed E-state index contributed by atoms with van der Waals surface area (Å²) in [5, 5.41) is 12.5. The highest BCUT2D eigenvalue weighted by Crippen LogP contribution is 2.28. The highest BCUT2D eigenvalue weighted by molar-refractivity contribution is 5.91. The average Bonchev–Trinajstić information content (AvgIpc) is 2.43. The maximum atomic E-state index is 11.9. The quantitative estimate of drug-likeness (QED) is 0.860. The molecule has 19 heavy (non-hydrogen) atoms. The second-order valence-electron chi connectivity index (χ2n) is 5.54. The van der Waals surface area contributed by atoms with Gasteiger partial charge >= 0.3 is 0 Å². The van der Waals surface area contributed by atoms with Gasteiger partial charge in [-0.3, -0.25) is 4.79 Å². The van der Waals surface area contributed by atoms with Crippen LogP contribution in [0.4, 0.5) is 5.69 Å². The van der Waals surface area contributed by atoms with E-state index in [1.54, 1.807) is 12.1 Å². The number of aromatic hydroxyl groups is 1. The van der Waals surface area contributed by atoms with E-state index in [-0.39, 0.29) is 11.7 Å². The molecule has 1 aliphatic carbocycles. The standard InChI is InChI=1S/C16H23NO2/c1-12-14(8-5-9-15(12)18)17-16(19)11-10-13-6-3-2-4-7-13/h5,8-9,13,18H,2-4,6-7,10-11H2,1H3,(H,17,19). The number of carbonyl (C=O) groups excluding carboxylic acids is 1. The Kier molecular flexibility index (Phi) is 4.83. The molecule has 1 saturated carbocycles. The molecule has 0 radical (unpaired) electrons. The smallest absolute Gasteiger partial charge is 0.224 e. The average molecular weight is 261 g/mol. The first-order valence-corrected chi connectivity index (χ1v) is 7.25. The lowest BCUT2D eigenvalue weighted by atomic mass is 9.86. The van der Waals surface area contributed by atoms with Gasteiger partial charge in [-0.15, -0.1) is 0 Å². The van der Waals surface area contributed by atoms with Crippen LogP contribution in [0.3, 0.4) is 0 Å². The molecule has 0 spiro atoms. The van der Waals surface area contributed by atoms with Gasteiger partial charge in [-0.1, -0.05) is 38.2 Å². The third-order valence-corrected chi connectivity index (χ3v) is 4.08. The van der Waals surface area contributed by atoms with Crippen LogP contribution in [0, 0.1) is 12.8 Å². The summed E-state index contributed by atoms with van der Waals surface area (Å²) in [6, 6.07) is 5.21. The van der Waals surface area contributed by atoms with Crippen LogP contribution in [0.15, 0.2) is 18.2 Å². The van der Waals surface area contributed by atoms with E-state index in [1.807, 2.05) is 13.0 Å². The fourth-order valence-electron chi connectivity index (χ4n) is 2.78. The van der Waals surface area contributed by atoms with Gasteiger partial charge in [0.2, 0.25) is 5.91 Å². The lowest BCUT2D eigenvalue weighted by Crippen LogP contribution is -2.15. The summed E-state index contributed by atoms with van der Waals surface area (Å²) in [7, 11) is 0. The number of anilines is 1. The number of rotatable bonds is 4. The molecule has 1 fully saturated rings. The molecule has 1 aromatic carbocycles. The second kappa shape index (κ2) is 6.60. The van der Waals surface area contributed by atoms with Crippen LogP contribution < -0.4 is 5.32 Å². The van der Waals surface area contributed by atoms with Gasteiger partial charge in [-0.05, 0) is 31.4 Å². The predicted molar refractivity (Wildman–Crippen MR) is 77.3 cm³/mol. The summed E-state index contributed by atoms with van der Waals surface area (Å²) in [4.78, 5) is 11.9. The van der Waals surface area contributed by atoms with Crippen molar-refractivity contribution >= 4 is 11.6 Å². The summed E-state index contributed by atoms with van der Waals surface area (Å²) in [6.45, 7) is 1.81. The molecule has 1 amide bonds. The number of amides is 1. The molecule has 0 saturated heterocycles. The van der Waals surface area contributed by atoms with Crippen molar-refractivity contribution in [3.8, 4) is 5.75 Å². The Morgan fingerprint density at radius 1 is 1.32 bits per heavy atom. The number of phenols is 1. The fourth-order valence-corrected chi connectivity index (χ4v) is 2.78. The third kappa shape index (κ3) is 3.98. The monoisotopic (exact) mass is 261 g/mol. The van der Waals surface area contributed by atoms with Crippen molar-refractivity contribution in [3.63, 3.8) is 0 Å². The van der Waals surface area contributed by atoms with Crippen molar-refractivity contribution in [2.45, 2.75) is 51.9 Å². The lowest BCUT2D eigenvalue weighted by molar-refractivity contribution is -0.116. The highest BCUT2D eigenvalue weighted by atomic mass is 16.3. The molecule has 1 aromatic rings. The maximum absolute atomic E-state index is 11.9. The Balaban J connectivity index is 1.82. The van der Waals surface area contributed by atoms with E-state index < -0.39 is 0 Å². The van der Waals surface area contributed by atoms with Crippen LogP contribution in [-0.2, 0) is 4.79 Å². The molecular formula is C16H23NO2. The number of phenolic OH excluding ortho intramolecular Hbond substituents is 1. The first-order chi connectivity index (χ1) is 9.16. The van der Waals surface area contributed by atoms with Crippen molar-refractivity contribution in [3.05, 3.63) is 23.8 Å². The highest BCUT2D eigenvalue weighted by Gasteiger charge is 2.15. The molecule has 0 aromatic heterocycles. The number of nitrogens with one attached hydrogen (secondary N) is 1. The van der Waals surface area contributed by atoms with Crippen LogP contribution in [0.5, 0.6) is 5.75 Å². The molecule has 2 N–H and O–H groups in total. The minimum absolute atomic E-state index is 0.0549. The van der Waals surface area contributed by atoms with Crippen molar-refractivity contribution in [1.29, 1.82) is 0 Å². The molecule has 0 heterocycles. The molecular weight excluding hydrogens is 238 g/mol. The minimum Gasteiger partial charge on any atom is -0.508 e. The lowest BCUT2D eigenvalue weighted by Gasteiger charge is -2.21. The number of benzene rings is 1. The Labute approximate surface area is 115 Å². The summed E-state index contributed by atoms with van der Waals surface area (Å²) in [5.74, 6) is 1.01. The zero-order valence-corrected chi connectivity index (χ0v) is 11.6. The Morgan fingerprint density at radius 3 is 2.79 bits per heavy atom. The van der Waals surface area contributed by atoms with Gasteiger partial charge in [-0.2, -0.15) is 0 Å². The van der Waals surface area contributed by atoms with E-state index in [9.17, 15) is 9.90 Å². The fraction of sp³-hybridized carbons (Fsp3) is 0.562. The molecule has 3 heteroatoms. The maximum Gasteiger partial charge on any atom is 0.224 e. The van der Waals surface area contributed by atoms with Gasteiger partial charge in [0, 0.05) is 17.7 Å². The van der Waals surface area contributed by atoms with E-state index in [0.717, 1.165) is 17.9 Å². The van der Waals surface area contributed by atoms with Crippen molar-refractivity contribution in [2.75, 3.05) is 5.32 Å². The molecule has 1 aliphatic rings. The Bertz CT molecular complexity index is 436. The van der Waals surface area contributed by atoms with Crippen molar-refractivity contribution in [1.82, 2.24) is 0 Å². The van der Waals surface area contributed by atoms with Gasteiger partial charge in [0.25, 0.3) is 0 Å². The first-order valence-electron chi connectivity index (χ1n) is 7.25. The van der Waals surface area contributed by atoms with Crippen LogP contribution in [-0.4, -0.2) is 11.0 Å². The van der Waals surface area contributed by atoms with Crippen molar-refractivity contribution in [2.24, 2.45) is 5.92 Å². The summed E-state index contributed by atoms with van der Waals surface area (Å²) in [6.07, 6.45) is 8.11. The number of carbonyl (C=O) groups is 1. The largest absolute Gasteiger partial charge is 0.508 e. The predicted octanol–water partition coefficient (Wildman–Crippen LogP) is 4.00. The van der Waals surface area contributed by atoms with Gasteiger partial charge in [0.15, 0.2) is 0 Å². The van der Waals surface area contributed by atoms with Crippen LogP contribution >= 0.6 is 0 Å².